The van der Waals surface area contributed by atoms with Gasteiger partial charge in [-0.25, -0.2) is 4.98 Å². The molecule has 0 aliphatic rings. The number of nitrogens with zero attached hydrogens (tertiary/aromatic N) is 2. The molecule has 3 aromatic rings. The Balaban J connectivity index is 1.83. The van der Waals surface area contributed by atoms with E-state index in [9.17, 15) is 5.26 Å². The van der Waals surface area contributed by atoms with Gasteiger partial charge < -0.3 is 4.74 Å². The van der Waals surface area contributed by atoms with Crippen LogP contribution in [0.15, 0.2) is 60.0 Å². The molecule has 0 aliphatic heterocycles. The first-order chi connectivity index (χ1) is 12.3. The summed E-state index contributed by atoms with van der Waals surface area (Å²) in [6.45, 7) is 0.236. The Kier molecular flexibility index (Phi) is 5.26. The fraction of sp³-hybridized carbons (Fsp3) is 0.0476. The lowest BCUT2D eigenvalue weighted by atomic mass is 10.1. The van der Waals surface area contributed by atoms with Crippen molar-refractivity contribution in [2.24, 2.45) is 0 Å². The largest absolute Gasteiger partial charge is 0.481 e. The van der Waals surface area contributed by atoms with Crippen LogP contribution < -0.4 is 4.74 Å². The van der Waals surface area contributed by atoms with Gasteiger partial charge in [-0.05, 0) is 23.8 Å². The lowest BCUT2D eigenvalue weighted by Crippen LogP contribution is -1.92. The van der Waals surface area contributed by atoms with E-state index < -0.39 is 0 Å². The fourth-order valence-corrected chi connectivity index (χ4v) is 3.03. The summed E-state index contributed by atoms with van der Waals surface area (Å²) < 4.78 is 5.35. The summed E-state index contributed by atoms with van der Waals surface area (Å²) in [5.74, 6) is 3.13. The van der Waals surface area contributed by atoms with Gasteiger partial charge >= 0.3 is 0 Å². The summed E-state index contributed by atoms with van der Waals surface area (Å²) in [5.41, 5.74) is 3.35. The highest BCUT2D eigenvalue weighted by molar-refractivity contribution is 7.11. The van der Waals surface area contributed by atoms with E-state index in [0.29, 0.717) is 16.3 Å². The molecule has 0 aliphatic carbocycles. The molecule has 0 unspecified atom stereocenters. The van der Waals surface area contributed by atoms with Crippen molar-refractivity contribution < 1.29 is 4.74 Å². The van der Waals surface area contributed by atoms with Crippen molar-refractivity contribution >= 4 is 23.0 Å². The van der Waals surface area contributed by atoms with E-state index in [-0.39, 0.29) is 6.61 Å². The number of hydrogen-bond donors (Lipinski definition) is 0. The first-order valence-corrected chi connectivity index (χ1v) is 8.47. The highest BCUT2D eigenvalue weighted by Crippen LogP contribution is 2.27. The number of rotatable bonds is 5. The van der Waals surface area contributed by atoms with Gasteiger partial charge in [-0.2, -0.15) is 5.26 Å². The summed E-state index contributed by atoms with van der Waals surface area (Å²) in [6.07, 6.45) is 6.99. The monoisotopic (exact) mass is 342 g/mol. The third kappa shape index (κ3) is 4.14. The minimum Gasteiger partial charge on any atom is -0.481 e. The van der Waals surface area contributed by atoms with Crippen molar-refractivity contribution in [1.82, 2.24) is 4.98 Å². The average Bonchev–Trinajstić information content (AvgIpc) is 3.16. The van der Waals surface area contributed by atoms with Gasteiger partial charge in [0.2, 0.25) is 0 Å². The second-order valence-corrected chi connectivity index (χ2v) is 5.99. The van der Waals surface area contributed by atoms with Crippen LogP contribution in [0.3, 0.4) is 0 Å². The second kappa shape index (κ2) is 7.97. The number of benzene rings is 2. The molecule has 0 fully saturated rings. The van der Waals surface area contributed by atoms with Crippen LogP contribution in [0.25, 0.3) is 22.9 Å². The van der Waals surface area contributed by atoms with E-state index in [1.54, 1.807) is 0 Å². The lowest BCUT2D eigenvalue weighted by molar-refractivity contribution is 0.370. The Morgan fingerprint density at radius 2 is 1.92 bits per heavy atom. The van der Waals surface area contributed by atoms with Crippen LogP contribution in [0.2, 0.25) is 0 Å². The number of thiazole rings is 1. The van der Waals surface area contributed by atoms with Crippen molar-refractivity contribution in [3.05, 3.63) is 70.5 Å². The Morgan fingerprint density at radius 3 is 2.60 bits per heavy atom. The van der Waals surface area contributed by atoms with Crippen LogP contribution in [-0.2, 0) is 0 Å². The molecule has 1 heterocycles. The van der Waals surface area contributed by atoms with Crippen molar-refractivity contribution in [2.45, 2.75) is 0 Å². The number of aromatic nitrogens is 1. The van der Waals surface area contributed by atoms with Crippen LogP contribution in [0.5, 0.6) is 5.75 Å². The van der Waals surface area contributed by atoms with Crippen LogP contribution >= 0.6 is 11.3 Å². The van der Waals surface area contributed by atoms with Crippen LogP contribution in [0, 0.1) is 23.7 Å². The van der Waals surface area contributed by atoms with E-state index in [4.69, 9.17) is 11.2 Å². The standard InChI is InChI=1S/C21H14N2OS/c1-2-12-24-19-10-8-16(9-11-19)13-18(14-22)21-23-20(15-25-21)17-6-4-3-5-7-17/h1,3-11,13,15H,12H2/b18-13-. The van der Waals surface area contributed by atoms with Crippen LogP contribution in [0.1, 0.15) is 10.6 Å². The third-order valence-corrected chi connectivity index (χ3v) is 4.31. The number of hydrogen-bond acceptors (Lipinski definition) is 4. The van der Waals surface area contributed by atoms with Gasteiger partial charge in [-0.1, -0.05) is 48.4 Å². The van der Waals surface area contributed by atoms with E-state index >= 15 is 0 Å². The molecular weight excluding hydrogens is 328 g/mol. The van der Waals surface area contributed by atoms with Gasteiger partial charge in [0.1, 0.15) is 23.4 Å². The molecule has 0 saturated heterocycles. The van der Waals surface area contributed by atoms with Gasteiger partial charge in [0, 0.05) is 10.9 Å². The molecule has 0 saturated carbocycles. The molecule has 0 atom stereocenters. The molecule has 0 bridgehead atoms. The van der Waals surface area contributed by atoms with Gasteiger partial charge in [0.05, 0.1) is 11.3 Å². The summed E-state index contributed by atoms with van der Waals surface area (Å²) in [5, 5.41) is 12.2. The fourth-order valence-electron chi connectivity index (χ4n) is 2.23. The molecule has 1 aromatic heterocycles. The SMILES string of the molecule is C#CCOc1ccc(/C=C(/C#N)c2nc(-c3ccccc3)cs2)cc1. The normalized spacial score (nSPS) is 10.7. The van der Waals surface area contributed by atoms with Gasteiger partial charge in [-0.3, -0.25) is 0 Å². The predicted molar refractivity (Wildman–Crippen MR) is 102 cm³/mol. The summed E-state index contributed by atoms with van der Waals surface area (Å²) >= 11 is 1.46. The zero-order valence-electron chi connectivity index (χ0n) is 13.3. The van der Waals surface area contributed by atoms with Crippen LogP contribution in [-0.4, -0.2) is 11.6 Å². The minimum absolute atomic E-state index is 0.236. The average molecular weight is 342 g/mol. The Morgan fingerprint density at radius 1 is 1.16 bits per heavy atom. The molecule has 0 amide bonds. The molecule has 2 aromatic carbocycles. The molecule has 0 N–H and O–H groups in total. The van der Waals surface area contributed by atoms with Gasteiger partial charge in [0.15, 0.2) is 0 Å². The maximum Gasteiger partial charge on any atom is 0.148 e. The van der Waals surface area contributed by atoms with Crippen molar-refractivity contribution in [1.29, 1.82) is 5.26 Å². The third-order valence-electron chi connectivity index (χ3n) is 3.44. The highest BCUT2D eigenvalue weighted by atomic mass is 32.1. The lowest BCUT2D eigenvalue weighted by Gasteiger charge is -2.02. The molecule has 3 rings (SSSR count). The van der Waals surface area contributed by atoms with E-state index in [0.717, 1.165) is 16.8 Å². The zero-order chi connectivity index (χ0) is 17.5. The molecule has 3 nitrogen and oxygen atoms in total. The Hall–Kier alpha value is -3.34. The van der Waals surface area contributed by atoms with Gasteiger partial charge in [-0.15, -0.1) is 17.8 Å². The summed E-state index contributed by atoms with van der Waals surface area (Å²) in [6, 6.07) is 19.6. The first-order valence-electron chi connectivity index (χ1n) is 7.59. The number of allylic oxidation sites excluding steroid dienone is 1. The van der Waals surface area contributed by atoms with Crippen molar-refractivity contribution in [3.8, 4) is 35.4 Å². The quantitative estimate of drug-likeness (QED) is 0.490. The molecule has 4 heteroatoms. The van der Waals surface area contributed by atoms with E-state index in [1.807, 2.05) is 66.1 Å². The molecular formula is C21H14N2OS. The van der Waals surface area contributed by atoms with Crippen LogP contribution in [0.4, 0.5) is 0 Å². The maximum atomic E-state index is 9.49. The Bertz CT molecular complexity index is 958. The number of terminal acetylenes is 1. The minimum atomic E-state index is 0.236. The van der Waals surface area contributed by atoms with Gasteiger partial charge in [0.25, 0.3) is 0 Å². The first kappa shape index (κ1) is 16.5. The number of ether oxygens (including phenoxy) is 1. The van der Waals surface area contributed by atoms with Crippen molar-refractivity contribution in [2.75, 3.05) is 6.61 Å². The molecule has 0 radical (unpaired) electrons. The molecule has 0 spiro atoms. The summed E-state index contributed by atoms with van der Waals surface area (Å²) in [7, 11) is 0. The topological polar surface area (TPSA) is 45.9 Å². The maximum absolute atomic E-state index is 9.49. The highest BCUT2D eigenvalue weighted by Gasteiger charge is 2.09. The molecule has 120 valence electrons. The van der Waals surface area contributed by atoms with E-state index in [2.05, 4.69) is 17.0 Å². The smallest absolute Gasteiger partial charge is 0.148 e. The zero-order valence-corrected chi connectivity index (χ0v) is 14.2. The number of nitriles is 1. The summed E-state index contributed by atoms with van der Waals surface area (Å²) in [4.78, 5) is 4.59. The van der Waals surface area contributed by atoms with E-state index in [1.165, 1.54) is 11.3 Å². The Labute approximate surface area is 150 Å². The second-order valence-electron chi connectivity index (χ2n) is 5.14. The predicted octanol–water partition coefficient (Wildman–Crippen LogP) is 4.89. The molecule has 25 heavy (non-hydrogen) atoms. The van der Waals surface area contributed by atoms with Crippen molar-refractivity contribution in [3.63, 3.8) is 0 Å².